The summed E-state index contributed by atoms with van der Waals surface area (Å²) < 4.78 is 5.12. The van der Waals surface area contributed by atoms with Crippen LogP contribution in [0.15, 0.2) is 73.3 Å². The van der Waals surface area contributed by atoms with Gasteiger partial charge in [0.1, 0.15) is 0 Å². The van der Waals surface area contributed by atoms with Crippen LogP contribution >= 0.6 is 0 Å². The van der Waals surface area contributed by atoms with Crippen molar-refractivity contribution in [1.29, 1.82) is 0 Å². The Kier molecular flexibility index (Phi) is 6.34. The topological polar surface area (TPSA) is 55.4 Å². The van der Waals surface area contributed by atoms with E-state index < -0.39 is 17.4 Å². The summed E-state index contributed by atoms with van der Waals surface area (Å²) >= 11 is 0. The summed E-state index contributed by atoms with van der Waals surface area (Å²) in [5.41, 5.74) is 0.0948. The summed E-state index contributed by atoms with van der Waals surface area (Å²) in [6, 6.07) is 18.4. The molecule has 0 aliphatic rings. The summed E-state index contributed by atoms with van der Waals surface area (Å²) in [6.07, 6.45) is 1.69. The van der Waals surface area contributed by atoms with Crippen molar-refractivity contribution in [2.24, 2.45) is 5.92 Å². The molecule has 2 rings (SSSR count). The van der Waals surface area contributed by atoms with Gasteiger partial charge in [0.2, 0.25) is 0 Å². The van der Waals surface area contributed by atoms with Gasteiger partial charge in [0.15, 0.2) is 5.54 Å². The molecule has 4 nitrogen and oxygen atoms in total. The number of rotatable bonds is 7. The molecule has 0 radical (unpaired) electrons. The number of ether oxygens (including phenoxy) is 1. The van der Waals surface area contributed by atoms with Gasteiger partial charge in [-0.2, -0.15) is 0 Å². The Bertz CT molecular complexity index is 755. The van der Waals surface area contributed by atoms with E-state index in [4.69, 9.17) is 4.74 Å². The first-order valence-electron chi connectivity index (χ1n) is 8.60. The van der Waals surface area contributed by atoms with E-state index in [9.17, 15) is 9.59 Å². The average molecular weight is 351 g/mol. The first-order valence-corrected chi connectivity index (χ1v) is 8.60. The molecule has 0 saturated heterocycles. The minimum atomic E-state index is -1.27. The Morgan fingerprint density at radius 1 is 1.04 bits per heavy atom. The Balaban J connectivity index is 2.56. The van der Waals surface area contributed by atoms with Gasteiger partial charge in [-0.1, -0.05) is 68.5 Å². The lowest BCUT2D eigenvalue weighted by Crippen LogP contribution is -2.62. The summed E-state index contributed by atoms with van der Waals surface area (Å²) in [6.45, 7) is 7.70. The van der Waals surface area contributed by atoms with E-state index in [-0.39, 0.29) is 11.8 Å². The molecule has 2 aromatic rings. The summed E-state index contributed by atoms with van der Waals surface area (Å²) in [5, 5.41) is 2.96. The number of esters is 1. The third-order valence-electron chi connectivity index (χ3n) is 4.68. The van der Waals surface area contributed by atoms with Crippen molar-refractivity contribution < 1.29 is 14.3 Å². The average Bonchev–Trinajstić information content (AvgIpc) is 2.68. The molecule has 2 aromatic carbocycles. The highest BCUT2D eigenvalue weighted by atomic mass is 16.5. The second-order valence-electron chi connectivity index (χ2n) is 6.46. The standard InChI is InChI=1S/C22H25NO3/c1-5-19(17-12-8-6-9-13-17)22(16(2)3,21(25)26-4)23-20(24)18-14-10-7-11-15-18/h5-16,19H,1H2,2-4H3,(H,23,24)/t19-,22-/m1/s1. The second kappa shape index (κ2) is 8.48. The van der Waals surface area contributed by atoms with E-state index in [1.54, 1.807) is 30.3 Å². The molecule has 0 fully saturated rings. The highest BCUT2D eigenvalue weighted by molar-refractivity contribution is 5.98. The normalized spacial score (nSPS) is 14.2. The molecule has 0 unspecified atom stereocenters. The first kappa shape index (κ1) is 19.4. The van der Waals surface area contributed by atoms with Crippen LogP contribution < -0.4 is 5.32 Å². The lowest BCUT2D eigenvalue weighted by Gasteiger charge is -2.41. The zero-order valence-corrected chi connectivity index (χ0v) is 15.4. The third kappa shape index (κ3) is 3.69. The number of carbonyl (C=O) groups is 2. The van der Waals surface area contributed by atoms with Crippen LogP contribution in [0.2, 0.25) is 0 Å². The van der Waals surface area contributed by atoms with E-state index in [0.717, 1.165) is 5.56 Å². The van der Waals surface area contributed by atoms with Crippen LogP contribution in [0.5, 0.6) is 0 Å². The predicted octanol–water partition coefficient (Wildman–Crippen LogP) is 3.95. The van der Waals surface area contributed by atoms with Gasteiger partial charge in [0.05, 0.1) is 7.11 Å². The minimum Gasteiger partial charge on any atom is -0.467 e. The Morgan fingerprint density at radius 3 is 2.04 bits per heavy atom. The van der Waals surface area contributed by atoms with Crippen molar-refractivity contribution in [3.63, 3.8) is 0 Å². The van der Waals surface area contributed by atoms with Crippen LogP contribution in [0.3, 0.4) is 0 Å². The van der Waals surface area contributed by atoms with Crippen molar-refractivity contribution in [3.8, 4) is 0 Å². The van der Waals surface area contributed by atoms with Crippen LogP contribution in [0.4, 0.5) is 0 Å². The number of methoxy groups -OCH3 is 1. The highest BCUT2D eigenvalue weighted by Gasteiger charge is 2.50. The second-order valence-corrected chi connectivity index (χ2v) is 6.46. The number of hydrogen-bond acceptors (Lipinski definition) is 3. The van der Waals surface area contributed by atoms with Gasteiger partial charge >= 0.3 is 5.97 Å². The molecule has 0 heterocycles. The molecule has 2 atom stereocenters. The molecule has 0 aromatic heterocycles. The molecular weight excluding hydrogens is 326 g/mol. The van der Waals surface area contributed by atoms with Crippen molar-refractivity contribution >= 4 is 11.9 Å². The number of hydrogen-bond donors (Lipinski definition) is 1. The van der Waals surface area contributed by atoms with Crippen molar-refractivity contribution in [2.45, 2.75) is 25.3 Å². The molecule has 4 heteroatoms. The number of carbonyl (C=O) groups excluding carboxylic acids is 2. The number of benzene rings is 2. The van der Waals surface area contributed by atoms with Crippen LogP contribution in [0, 0.1) is 5.92 Å². The molecule has 1 amide bonds. The predicted molar refractivity (Wildman–Crippen MR) is 103 cm³/mol. The summed E-state index contributed by atoms with van der Waals surface area (Å²) in [5.74, 6) is -1.49. The summed E-state index contributed by atoms with van der Waals surface area (Å²) in [4.78, 5) is 25.8. The molecule has 0 bridgehead atoms. The van der Waals surface area contributed by atoms with Crippen molar-refractivity contribution in [1.82, 2.24) is 5.32 Å². The van der Waals surface area contributed by atoms with Crippen LogP contribution in [-0.2, 0) is 9.53 Å². The van der Waals surface area contributed by atoms with Gasteiger partial charge in [-0.25, -0.2) is 4.79 Å². The fourth-order valence-electron chi connectivity index (χ4n) is 3.26. The van der Waals surface area contributed by atoms with Gasteiger partial charge < -0.3 is 10.1 Å². The lowest BCUT2D eigenvalue weighted by atomic mass is 9.71. The van der Waals surface area contributed by atoms with Gasteiger partial charge in [-0.15, -0.1) is 6.58 Å². The van der Waals surface area contributed by atoms with E-state index in [1.807, 2.05) is 50.2 Å². The zero-order chi connectivity index (χ0) is 19.2. The Morgan fingerprint density at radius 2 is 1.58 bits per heavy atom. The van der Waals surface area contributed by atoms with Crippen molar-refractivity contribution in [2.75, 3.05) is 7.11 Å². The summed E-state index contributed by atoms with van der Waals surface area (Å²) in [7, 11) is 1.33. The largest absolute Gasteiger partial charge is 0.467 e. The fourth-order valence-corrected chi connectivity index (χ4v) is 3.26. The van der Waals surface area contributed by atoms with Gasteiger partial charge in [0, 0.05) is 11.5 Å². The van der Waals surface area contributed by atoms with E-state index in [0.29, 0.717) is 5.56 Å². The minimum absolute atomic E-state index is 0.231. The van der Waals surface area contributed by atoms with E-state index >= 15 is 0 Å². The molecule has 0 aliphatic heterocycles. The quantitative estimate of drug-likeness (QED) is 0.607. The monoisotopic (exact) mass is 351 g/mol. The molecule has 0 spiro atoms. The van der Waals surface area contributed by atoms with Crippen molar-refractivity contribution in [3.05, 3.63) is 84.4 Å². The first-order chi connectivity index (χ1) is 12.5. The van der Waals surface area contributed by atoms with Crippen LogP contribution in [0.1, 0.15) is 35.7 Å². The van der Waals surface area contributed by atoms with Crippen LogP contribution in [0.25, 0.3) is 0 Å². The molecule has 0 saturated carbocycles. The number of amides is 1. The molecule has 1 N–H and O–H groups in total. The highest BCUT2D eigenvalue weighted by Crippen LogP contribution is 2.37. The fraction of sp³-hybridized carbons (Fsp3) is 0.273. The Hall–Kier alpha value is -2.88. The van der Waals surface area contributed by atoms with E-state index in [2.05, 4.69) is 11.9 Å². The number of nitrogens with one attached hydrogen (secondary N) is 1. The van der Waals surface area contributed by atoms with Crippen LogP contribution in [-0.4, -0.2) is 24.5 Å². The Labute approximate surface area is 154 Å². The maximum atomic E-state index is 12.9. The third-order valence-corrected chi connectivity index (χ3v) is 4.68. The molecule has 136 valence electrons. The SMILES string of the molecule is C=C[C@H](c1ccccc1)[C@@](NC(=O)c1ccccc1)(C(=O)OC)C(C)C. The van der Waals surface area contributed by atoms with Gasteiger partial charge in [-0.05, 0) is 23.6 Å². The lowest BCUT2D eigenvalue weighted by molar-refractivity contribution is -0.151. The maximum absolute atomic E-state index is 12.9. The molecule has 0 aliphatic carbocycles. The van der Waals surface area contributed by atoms with E-state index in [1.165, 1.54) is 7.11 Å². The zero-order valence-electron chi connectivity index (χ0n) is 15.4. The molecule has 26 heavy (non-hydrogen) atoms. The van der Waals surface area contributed by atoms with Gasteiger partial charge in [-0.3, -0.25) is 4.79 Å². The maximum Gasteiger partial charge on any atom is 0.332 e. The smallest absolute Gasteiger partial charge is 0.332 e. The molecular formula is C22H25NO3. The van der Waals surface area contributed by atoms with Gasteiger partial charge in [0.25, 0.3) is 5.91 Å².